The molecule has 0 radical (unpaired) electrons. The van der Waals surface area contributed by atoms with Crippen LogP contribution in [0, 0.1) is 12.8 Å². The Bertz CT molecular complexity index is 1490. The van der Waals surface area contributed by atoms with E-state index in [2.05, 4.69) is 40.9 Å². The smallest absolute Gasteiger partial charge is 0.331 e. The van der Waals surface area contributed by atoms with Crippen LogP contribution in [0.15, 0.2) is 71.9 Å². The Morgan fingerprint density at radius 2 is 1.69 bits per heavy atom. The molecular formula is C30H30N2O3. The first-order valence-electron chi connectivity index (χ1n) is 11.9. The molecule has 0 saturated carbocycles. The standard InChI is InChI=1S/C30H30N2O3/c1-6-32-27-14-11-22(12-16-29(34)24-10-8-7-9-20(24)4)17-25(27)26-18-23(13-15-28(26)32)30(19(2)3)31-35-21(5)33/h7-19H,6H2,1-5H3/b16-12+,31-30-. The Balaban J connectivity index is 1.80. The zero-order chi connectivity index (χ0) is 25.1. The normalized spacial score (nSPS) is 12.2. The molecular weight excluding hydrogens is 436 g/mol. The number of fused-ring (bicyclic) bond motifs is 3. The van der Waals surface area contributed by atoms with Crippen molar-refractivity contribution in [2.75, 3.05) is 0 Å². The van der Waals surface area contributed by atoms with Crippen molar-refractivity contribution in [3.8, 4) is 0 Å². The quantitative estimate of drug-likeness (QED) is 0.0974. The molecule has 3 aromatic carbocycles. The zero-order valence-electron chi connectivity index (χ0n) is 20.8. The number of hydrogen-bond donors (Lipinski definition) is 0. The van der Waals surface area contributed by atoms with Crippen LogP contribution in [-0.4, -0.2) is 22.0 Å². The number of carbonyl (C=O) groups excluding carboxylic acids is 2. The molecule has 0 bridgehead atoms. The summed E-state index contributed by atoms with van der Waals surface area (Å²) < 4.78 is 2.28. The molecule has 0 unspecified atom stereocenters. The zero-order valence-corrected chi connectivity index (χ0v) is 20.8. The molecule has 5 heteroatoms. The monoisotopic (exact) mass is 466 g/mol. The number of hydrogen-bond acceptors (Lipinski definition) is 4. The Kier molecular flexibility index (Phi) is 6.97. The van der Waals surface area contributed by atoms with Crippen LogP contribution < -0.4 is 0 Å². The van der Waals surface area contributed by atoms with Crippen molar-refractivity contribution < 1.29 is 14.4 Å². The van der Waals surface area contributed by atoms with Gasteiger partial charge in [0.15, 0.2) is 5.78 Å². The molecule has 5 nitrogen and oxygen atoms in total. The predicted molar refractivity (Wildman–Crippen MR) is 143 cm³/mol. The van der Waals surface area contributed by atoms with E-state index in [9.17, 15) is 9.59 Å². The van der Waals surface area contributed by atoms with Gasteiger partial charge < -0.3 is 9.40 Å². The third kappa shape index (κ3) is 4.94. The van der Waals surface area contributed by atoms with E-state index in [0.29, 0.717) is 5.56 Å². The van der Waals surface area contributed by atoms with Crippen LogP contribution in [0.2, 0.25) is 0 Å². The van der Waals surface area contributed by atoms with Gasteiger partial charge in [0, 0.05) is 46.4 Å². The number of allylic oxidation sites excluding steroid dienone is 1. The van der Waals surface area contributed by atoms with Crippen molar-refractivity contribution in [3.05, 3.63) is 89.0 Å². The lowest BCUT2D eigenvalue weighted by Gasteiger charge is -2.10. The van der Waals surface area contributed by atoms with Gasteiger partial charge in [-0.1, -0.05) is 61.5 Å². The molecule has 0 N–H and O–H groups in total. The first-order valence-corrected chi connectivity index (χ1v) is 11.9. The minimum Gasteiger partial charge on any atom is -0.341 e. The van der Waals surface area contributed by atoms with Crippen LogP contribution in [0.1, 0.15) is 54.7 Å². The molecule has 0 aliphatic rings. The lowest BCUT2D eigenvalue weighted by atomic mass is 9.98. The van der Waals surface area contributed by atoms with Gasteiger partial charge in [0.25, 0.3) is 0 Å². The summed E-state index contributed by atoms with van der Waals surface area (Å²) in [7, 11) is 0. The summed E-state index contributed by atoms with van der Waals surface area (Å²) >= 11 is 0. The van der Waals surface area contributed by atoms with E-state index in [-0.39, 0.29) is 11.7 Å². The molecule has 0 spiro atoms. The van der Waals surface area contributed by atoms with Crippen LogP contribution in [-0.2, 0) is 16.2 Å². The number of aromatic nitrogens is 1. The average molecular weight is 467 g/mol. The number of nitrogens with zero attached hydrogens (tertiary/aromatic N) is 2. The second kappa shape index (κ2) is 10.1. The fourth-order valence-corrected chi connectivity index (χ4v) is 4.44. The van der Waals surface area contributed by atoms with Crippen LogP contribution in [0.3, 0.4) is 0 Å². The van der Waals surface area contributed by atoms with Gasteiger partial charge in [-0.3, -0.25) is 4.79 Å². The van der Waals surface area contributed by atoms with E-state index < -0.39 is 5.97 Å². The summed E-state index contributed by atoms with van der Waals surface area (Å²) in [6, 6.07) is 20.1. The molecule has 178 valence electrons. The average Bonchev–Trinajstić information content (AvgIpc) is 3.15. The number of oxime groups is 1. The highest BCUT2D eigenvalue weighted by Gasteiger charge is 2.15. The van der Waals surface area contributed by atoms with Crippen LogP contribution in [0.25, 0.3) is 27.9 Å². The van der Waals surface area contributed by atoms with Crippen molar-refractivity contribution in [1.82, 2.24) is 4.57 Å². The molecule has 4 aromatic rings. The van der Waals surface area contributed by atoms with Gasteiger partial charge >= 0.3 is 5.97 Å². The first-order chi connectivity index (χ1) is 16.8. The van der Waals surface area contributed by atoms with Gasteiger partial charge in [-0.2, -0.15) is 0 Å². The summed E-state index contributed by atoms with van der Waals surface area (Å²) in [4.78, 5) is 29.0. The second-order valence-corrected chi connectivity index (χ2v) is 8.98. The Labute approximate surface area is 205 Å². The summed E-state index contributed by atoms with van der Waals surface area (Å²) in [5, 5.41) is 6.32. The molecule has 35 heavy (non-hydrogen) atoms. The molecule has 0 amide bonds. The van der Waals surface area contributed by atoms with E-state index >= 15 is 0 Å². The number of benzene rings is 3. The molecule has 1 heterocycles. The van der Waals surface area contributed by atoms with Crippen molar-refractivity contribution >= 4 is 45.3 Å². The van der Waals surface area contributed by atoms with Crippen LogP contribution in [0.4, 0.5) is 0 Å². The highest BCUT2D eigenvalue weighted by Crippen LogP contribution is 2.32. The molecule has 0 aliphatic carbocycles. The highest BCUT2D eigenvalue weighted by molar-refractivity contribution is 6.13. The maximum absolute atomic E-state index is 12.7. The topological polar surface area (TPSA) is 60.7 Å². The summed E-state index contributed by atoms with van der Waals surface area (Å²) in [5.74, 6) is -0.370. The minimum atomic E-state index is -0.441. The predicted octanol–water partition coefficient (Wildman–Crippen LogP) is 6.94. The number of rotatable bonds is 7. The van der Waals surface area contributed by atoms with Crippen molar-refractivity contribution in [2.24, 2.45) is 11.1 Å². The van der Waals surface area contributed by atoms with Crippen molar-refractivity contribution in [3.63, 3.8) is 0 Å². The molecule has 0 aliphatic heterocycles. The fourth-order valence-electron chi connectivity index (χ4n) is 4.44. The van der Waals surface area contributed by atoms with Crippen LogP contribution in [0.5, 0.6) is 0 Å². The largest absolute Gasteiger partial charge is 0.341 e. The van der Waals surface area contributed by atoms with Gasteiger partial charge in [-0.05, 0) is 61.2 Å². The van der Waals surface area contributed by atoms with Gasteiger partial charge in [-0.25, -0.2) is 4.79 Å². The molecule has 0 saturated heterocycles. The summed E-state index contributed by atoms with van der Waals surface area (Å²) in [6.07, 6.45) is 3.51. The lowest BCUT2D eigenvalue weighted by molar-refractivity contribution is -0.140. The van der Waals surface area contributed by atoms with Crippen molar-refractivity contribution in [1.29, 1.82) is 0 Å². The van der Waals surface area contributed by atoms with Crippen LogP contribution >= 0.6 is 0 Å². The van der Waals surface area contributed by atoms with E-state index in [4.69, 9.17) is 4.84 Å². The Morgan fingerprint density at radius 3 is 2.34 bits per heavy atom. The van der Waals surface area contributed by atoms with Gasteiger partial charge in [0.05, 0.1) is 5.71 Å². The number of carbonyl (C=O) groups is 2. The van der Waals surface area contributed by atoms with Gasteiger partial charge in [0.2, 0.25) is 0 Å². The van der Waals surface area contributed by atoms with Gasteiger partial charge in [0.1, 0.15) is 0 Å². The SMILES string of the molecule is CCn1c2ccc(/C=C/C(=O)c3ccccc3C)cc2c2cc(/C(=N\OC(C)=O)C(C)C)ccc21. The van der Waals surface area contributed by atoms with E-state index in [1.807, 2.05) is 63.2 Å². The Hall–Kier alpha value is -3.99. The first kappa shape index (κ1) is 24.1. The third-order valence-corrected chi connectivity index (χ3v) is 6.16. The molecule has 0 fully saturated rings. The highest BCUT2D eigenvalue weighted by atomic mass is 16.7. The summed E-state index contributed by atoms with van der Waals surface area (Å²) in [5.41, 5.74) is 6.53. The van der Waals surface area contributed by atoms with Crippen molar-refractivity contribution in [2.45, 2.75) is 41.2 Å². The molecule has 1 aromatic heterocycles. The Morgan fingerprint density at radius 1 is 1.00 bits per heavy atom. The maximum atomic E-state index is 12.7. The number of aryl methyl sites for hydroxylation is 2. The minimum absolute atomic E-state index is 0.00951. The third-order valence-electron chi connectivity index (χ3n) is 6.16. The van der Waals surface area contributed by atoms with Gasteiger partial charge in [-0.15, -0.1) is 0 Å². The van der Waals surface area contributed by atoms with E-state index in [0.717, 1.165) is 50.8 Å². The molecule has 4 rings (SSSR count). The second-order valence-electron chi connectivity index (χ2n) is 8.98. The number of ketones is 1. The fraction of sp³-hybridized carbons (Fsp3) is 0.233. The molecule has 0 atom stereocenters. The maximum Gasteiger partial charge on any atom is 0.331 e. The lowest BCUT2D eigenvalue weighted by Crippen LogP contribution is -2.11. The van der Waals surface area contributed by atoms with E-state index in [1.165, 1.54) is 6.92 Å². The van der Waals surface area contributed by atoms with E-state index in [1.54, 1.807) is 6.08 Å². The summed E-state index contributed by atoms with van der Waals surface area (Å²) in [6.45, 7) is 10.3.